The van der Waals surface area contributed by atoms with E-state index in [9.17, 15) is 9.50 Å². The van der Waals surface area contributed by atoms with Crippen LogP contribution in [0.2, 0.25) is 0 Å². The lowest BCUT2D eigenvalue weighted by molar-refractivity contribution is 0.145. The highest BCUT2D eigenvalue weighted by Crippen LogP contribution is 2.32. The molecule has 0 bridgehead atoms. The first-order valence-electron chi connectivity index (χ1n) is 10.7. The van der Waals surface area contributed by atoms with Crippen molar-refractivity contribution in [1.82, 2.24) is 30.1 Å². The number of rotatable bonds is 5. The average Bonchev–Trinajstić information content (AvgIpc) is 3.36. The Morgan fingerprint density at radius 3 is 2.79 bits per heavy atom. The topological polar surface area (TPSA) is 115 Å². The predicted octanol–water partition coefficient (Wildman–Crippen LogP) is 4.87. The largest absolute Gasteiger partial charge is 0.374 e. The summed E-state index contributed by atoms with van der Waals surface area (Å²) < 4.78 is 15.0. The third-order valence-electron chi connectivity index (χ3n) is 5.32. The molecule has 1 aromatic carbocycles. The fraction of sp³-hybridized carbons (Fsp3) is 0.250. The lowest BCUT2D eigenvalue weighted by Gasteiger charge is -2.23. The van der Waals surface area contributed by atoms with Gasteiger partial charge in [0, 0.05) is 23.3 Å². The van der Waals surface area contributed by atoms with E-state index in [1.54, 1.807) is 24.7 Å². The van der Waals surface area contributed by atoms with Crippen LogP contribution in [-0.2, 0) is 0 Å². The van der Waals surface area contributed by atoms with Gasteiger partial charge in [-0.1, -0.05) is 20.8 Å². The van der Waals surface area contributed by atoms with Gasteiger partial charge in [-0.3, -0.25) is 10.1 Å². The van der Waals surface area contributed by atoms with Crippen molar-refractivity contribution in [1.29, 1.82) is 0 Å². The second-order valence-corrected chi connectivity index (χ2v) is 9.30. The summed E-state index contributed by atoms with van der Waals surface area (Å²) in [6, 6.07) is 8.78. The summed E-state index contributed by atoms with van der Waals surface area (Å²) in [5.41, 5.74) is 4.11. The zero-order valence-corrected chi connectivity index (χ0v) is 18.5. The van der Waals surface area contributed by atoms with E-state index in [1.807, 2.05) is 18.2 Å². The van der Waals surface area contributed by atoms with E-state index < -0.39 is 12.0 Å². The Morgan fingerprint density at radius 1 is 1.15 bits per heavy atom. The van der Waals surface area contributed by atoms with Gasteiger partial charge in [-0.2, -0.15) is 5.10 Å². The number of H-pyrrole nitrogens is 2. The lowest BCUT2D eigenvalue weighted by atomic mass is 9.91. The molecule has 8 nitrogen and oxygen atoms in total. The molecular formula is C24H24FN7O. The zero-order chi connectivity index (χ0) is 23.2. The van der Waals surface area contributed by atoms with Crippen LogP contribution in [0.15, 0.2) is 48.9 Å². The summed E-state index contributed by atoms with van der Waals surface area (Å²) in [7, 11) is 0. The minimum absolute atomic E-state index is 0.0323. The number of aromatic amines is 2. The Balaban J connectivity index is 1.52. The predicted molar refractivity (Wildman–Crippen MR) is 126 cm³/mol. The SMILES string of the molecule is CC(C)(C)CC(O)Nc1cncc(-c2cc(F)c3[nH]nc(-c4nc5cccnc5[nH]4)c3c2)c1. The molecule has 1 atom stereocenters. The first-order chi connectivity index (χ1) is 15.8. The van der Waals surface area contributed by atoms with Crippen molar-refractivity contribution in [2.24, 2.45) is 5.41 Å². The number of fused-ring (bicyclic) bond motifs is 2. The first kappa shape index (κ1) is 21.0. The number of nitrogens with zero attached hydrogens (tertiary/aromatic N) is 4. The van der Waals surface area contributed by atoms with Gasteiger partial charge >= 0.3 is 0 Å². The maximum atomic E-state index is 15.0. The summed E-state index contributed by atoms with van der Waals surface area (Å²) in [5.74, 6) is 0.0759. The van der Waals surface area contributed by atoms with Crippen LogP contribution in [0.4, 0.5) is 10.1 Å². The number of imidazole rings is 1. The van der Waals surface area contributed by atoms with Crippen molar-refractivity contribution in [3.63, 3.8) is 0 Å². The minimum atomic E-state index is -0.719. The van der Waals surface area contributed by atoms with Crippen LogP contribution in [0.1, 0.15) is 27.2 Å². The molecule has 9 heteroatoms. The van der Waals surface area contributed by atoms with E-state index in [1.165, 1.54) is 6.07 Å². The number of anilines is 1. The summed E-state index contributed by atoms with van der Waals surface area (Å²) in [4.78, 5) is 16.2. The summed E-state index contributed by atoms with van der Waals surface area (Å²) in [5, 5.41) is 21.1. The van der Waals surface area contributed by atoms with Crippen molar-refractivity contribution in [3.05, 3.63) is 54.7 Å². The number of pyridine rings is 2. The monoisotopic (exact) mass is 445 g/mol. The molecule has 0 saturated heterocycles. The van der Waals surface area contributed by atoms with Crippen molar-refractivity contribution in [2.45, 2.75) is 33.4 Å². The standard InChI is InChI=1S/C24H24FN7O/c1-24(2,3)10-19(33)28-15-7-14(11-26-12-15)13-8-16-20(17(25)9-13)31-32-21(16)23-29-18-5-4-6-27-22(18)30-23/h4-9,11-12,19,28,33H,10H2,1-3H3,(H,31,32)(H,27,29,30). The number of aliphatic hydroxyl groups is 1. The number of nitrogens with one attached hydrogen (secondary N) is 3. The Labute approximate surface area is 189 Å². The van der Waals surface area contributed by atoms with E-state index in [4.69, 9.17) is 0 Å². The number of aromatic nitrogens is 6. The highest BCUT2D eigenvalue weighted by Gasteiger charge is 2.19. The third kappa shape index (κ3) is 4.27. The maximum absolute atomic E-state index is 15.0. The molecule has 0 spiro atoms. The molecule has 0 aliphatic carbocycles. The van der Waals surface area contributed by atoms with Gasteiger partial charge in [-0.15, -0.1) is 0 Å². The number of aliphatic hydroxyl groups excluding tert-OH is 1. The number of hydrogen-bond acceptors (Lipinski definition) is 6. The van der Waals surface area contributed by atoms with Gasteiger partial charge in [0.05, 0.1) is 11.9 Å². The fourth-order valence-electron chi connectivity index (χ4n) is 3.88. The molecule has 33 heavy (non-hydrogen) atoms. The molecule has 0 fully saturated rings. The third-order valence-corrected chi connectivity index (χ3v) is 5.32. The molecule has 4 heterocycles. The molecule has 4 aromatic heterocycles. The first-order valence-corrected chi connectivity index (χ1v) is 10.7. The van der Waals surface area contributed by atoms with Gasteiger partial charge in [0.15, 0.2) is 11.5 Å². The molecule has 5 aromatic rings. The van der Waals surface area contributed by atoms with E-state index in [2.05, 4.69) is 56.2 Å². The molecule has 5 rings (SSSR count). The molecular weight excluding hydrogens is 421 g/mol. The summed E-state index contributed by atoms with van der Waals surface area (Å²) >= 11 is 0. The van der Waals surface area contributed by atoms with E-state index in [0.717, 1.165) is 0 Å². The molecule has 0 saturated carbocycles. The highest BCUT2D eigenvalue weighted by molar-refractivity contribution is 5.95. The molecule has 4 N–H and O–H groups in total. The van der Waals surface area contributed by atoms with Gasteiger partial charge in [-0.25, -0.2) is 14.4 Å². The maximum Gasteiger partial charge on any atom is 0.160 e. The van der Waals surface area contributed by atoms with E-state index in [-0.39, 0.29) is 5.41 Å². The van der Waals surface area contributed by atoms with E-state index in [0.29, 0.717) is 56.8 Å². The van der Waals surface area contributed by atoms with Gasteiger partial charge in [-0.05, 0) is 47.7 Å². The van der Waals surface area contributed by atoms with Crippen LogP contribution in [-0.4, -0.2) is 41.5 Å². The van der Waals surface area contributed by atoms with Gasteiger partial charge in [0.25, 0.3) is 0 Å². The molecule has 168 valence electrons. The fourth-order valence-corrected chi connectivity index (χ4v) is 3.88. The number of hydrogen-bond donors (Lipinski definition) is 4. The van der Waals surface area contributed by atoms with Crippen molar-refractivity contribution in [2.75, 3.05) is 5.32 Å². The van der Waals surface area contributed by atoms with Gasteiger partial charge in [0.2, 0.25) is 0 Å². The molecule has 0 radical (unpaired) electrons. The molecule has 0 amide bonds. The highest BCUT2D eigenvalue weighted by atomic mass is 19.1. The molecule has 1 unspecified atom stereocenters. The van der Waals surface area contributed by atoms with Crippen molar-refractivity contribution >= 4 is 27.8 Å². The summed E-state index contributed by atoms with van der Waals surface area (Å²) in [6.45, 7) is 6.18. The zero-order valence-electron chi connectivity index (χ0n) is 18.5. The van der Waals surface area contributed by atoms with Crippen LogP contribution in [0.5, 0.6) is 0 Å². The lowest BCUT2D eigenvalue weighted by Crippen LogP contribution is -2.25. The number of halogens is 1. The van der Waals surface area contributed by atoms with Crippen molar-refractivity contribution in [3.8, 4) is 22.6 Å². The Bertz CT molecular complexity index is 1420. The molecule has 0 aliphatic heterocycles. The number of benzene rings is 1. The summed E-state index contributed by atoms with van der Waals surface area (Å²) in [6.07, 6.45) is 4.82. The normalized spacial score (nSPS) is 13.0. The van der Waals surface area contributed by atoms with Crippen LogP contribution in [0.25, 0.3) is 44.7 Å². The van der Waals surface area contributed by atoms with Gasteiger partial charge in [0.1, 0.15) is 28.8 Å². The van der Waals surface area contributed by atoms with Crippen LogP contribution >= 0.6 is 0 Å². The van der Waals surface area contributed by atoms with Crippen LogP contribution < -0.4 is 5.32 Å². The Morgan fingerprint density at radius 2 is 2.00 bits per heavy atom. The van der Waals surface area contributed by atoms with Crippen LogP contribution in [0, 0.1) is 11.2 Å². The molecule has 0 aliphatic rings. The quantitative estimate of drug-likeness (QED) is 0.287. The Kier molecular flexibility index (Phi) is 5.05. The second-order valence-electron chi connectivity index (χ2n) is 9.30. The smallest absolute Gasteiger partial charge is 0.160 e. The van der Waals surface area contributed by atoms with Crippen LogP contribution in [0.3, 0.4) is 0 Å². The average molecular weight is 446 g/mol. The second kappa shape index (κ2) is 7.93. The Hall–Kier alpha value is -3.85. The van der Waals surface area contributed by atoms with Gasteiger partial charge < -0.3 is 15.4 Å². The minimum Gasteiger partial charge on any atom is -0.374 e. The van der Waals surface area contributed by atoms with E-state index >= 15 is 0 Å². The van der Waals surface area contributed by atoms with Crippen molar-refractivity contribution < 1.29 is 9.50 Å².